The summed E-state index contributed by atoms with van der Waals surface area (Å²) in [7, 11) is 0. The van der Waals surface area contributed by atoms with E-state index >= 15 is 0 Å². The quantitative estimate of drug-likeness (QED) is 0.751. The van der Waals surface area contributed by atoms with Crippen LogP contribution in [-0.2, 0) is 9.53 Å². The zero-order chi connectivity index (χ0) is 13.0. The Morgan fingerprint density at radius 3 is 2.67 bits per heavy atom. The van der Waals surface area contributed by atoms with Crippen LogP contribution in [0.4, 0.5) is 10.5 Å². The number of anilines is 1. The van der Waals surface area contributed by atoms with E-state index < -0.39 is 6.09 Å². The fourth-order valence-corrected chi connectivity index (χ4v) is 1.85. The van der Waals surface area contributed by atoms with Gasteiger partial charge in [0.2, 0.25) is 0 Å². The van der Waals surface area contributed by atoms with E-state index in [2.05, 4.69) is 0 Å². The minimum Gasteiger partial charge on any atom is -0.446 e. The van der Waals surface area contributed by atoms with Gasteiger partial charge in [0.1, 0.15) is 12.4 Å². The SMILES string of the molecule is CC(OC(=O)N(CC=O)c1ccccc1)C1CC1. The highest BCUT2D eigenvalue weighted by molar-refractivity contribution is 5.90. The fraction of sp³-hybridized carbons (Fsp3) is 0.429. The molecule has 1 atom stereocenters. The predicted molar refractivity (Wildman–Crippen MR) is 68.5 cm³/mol. The van der Waals surface area contributed by atoms with Crippen molar-refractivity contribution in [3.63, 3.8) is 0 Å². The molecule has 1 aliphatic carbocycles. The van der Waals surface area contributed by atoms with E-state index in [0.29, 0.717) is 17.9 Å². The highest BCUT2D eigenvalue weighted by Crippen LogP contribution is 2.34. The van der Waals surface area contributed by atoms with E-state index in [1.807, 2.05) is 25.1 Å². The smallest absolute Gasteiger partial charge is 0.414 e. The molecule has 1 aromatic rings. The van der Waals surface area contributed by atoms with Gasteiger partial charge in [0.25, 0.3) is 0 Å². The molecule has 0 saturated heterocycles. The number of amides is 1. The van der Waals surface area contributed by atoms with Crippen LogP contribution in [0.2, 0.25) is 0 Å². The average molecular weight is 247 g/mol. The molecule has 0 N–H and O–H groups in total. The number of ether oxygens (including phenoxy) is 1. The molecule has 4 nitrogen and oxygen atoms in total. The molecule has 2 rings (SSSR count). The van der Waals surface area contributed by atoms with Crippen LogP contribution in [0.15, 0.2) is 30.3 Å². The largest absolute Gasteiger partial charge is 0.446 e. The molecule has 1 unspecified atom stereocenters. The topological polar surface area (TPSA) is 46.6 Å². The van der Waals surface area contributed by atoms with Crippen LogP contribution >= 0.6 is 0 Å². The summed E-state index contributed by atoms with van der Waals surface area (Å²) in [5.74, 6) is 0.489. The van der Waals surface area contributed by atoms with Crippen molar-refractivity contribution < 1.29 is 14.3 Å². The number of aldehydes is 1. The molecule has 0 bridgehead atoms. The van der Waals surface area contributed by atoms with Crippen molar-refractivity contribution >= 4 is 18.1 Å². The molecule has 1 amide bonds. The highest BCUT2D eigenvalue weighted by Gasteiger charge is 2.32. The summed E-state index contributed by atoms with van der Waals surface area (Å²) in [4.78, 5) is 24.0. The number of carbonyl (C=O) groups excluding carboxylic acids is 2. The predicted octanol–water partition coefficient (Wildman–Crippen LogP) is 2.63. The first-order chi connectivity index (χ1) is 8.72. The maximum atomic E-state index is 12.0. The Labute approximate surface area is 107 Å². The van der Waals surface area contributed by atoms with Gasteiger partial charge in [0.05, 0.1) is 6.54 Å². The minimum atomic E-state index is -0.451. The molecular formula is C14H17NO3. The maximum absolute atomic E-state index is 12.0. The number of para-hydroxylation sites is 1. The summed E-state index contributed by atoms with van der Waals surface area (Å²) < 4.78 is 5.37. The Hall–Kier alpha value is -1.84. The van der Waals surface area contributed by atoms with Crippen molar-refractivity contribution in [2.75, 3.05) is 11.4 Å². The Morgan fingerprint density at radius 1 is 1.44 bits per heavy atom. The van der Waals surface area contributed by atoms with Gasteiger partial charge in [-0.25, -0.2) is 4.79 Å². The second-order valence-electron chi connectivity index (χ2n) is 4.54. The number of hydrogen-bond acceptors (Lipinski definition) is 3. The Bertz CT molecular complexity index is 414. The summed E-state index contributed by atoms with van der Waals surface area (Å²) in [5, 5.41) is 0. The first kappa shape index (κ1) is 12.6. The summed E-state index contributed by atoms with van der Waals surface area (Å²) in [5.41, 5.74) is 0.678. The van der Waals surface area contributed by atoms with Crippen LogP contribution < -0.4 is 4.90 Å². The standard InChI is InChI=1S/C14H17NO3/c1-11(12-7-8-12)18-14(17)15(9-10-16)13-5-3-2-4-6-13/h2-6,10-12H,7-9H2,1H3. The van der Waals surface area contributed by atoms with Crippen LogP contribution in [-0.4, -0.2) is 25.0 Å². The molecule has 0 spiro atoms. The lowest BCUT2D eigenvalue weighted by Gasteiger charge is -2.22. The second kappa shape index (κ2) is 5.67. The van der Waals surface area contributed by atoms with Crippen molar-refractivity contribution in [3.05, 3.63) is 30.3 Å². The van der Waals surface area contributed by atoms with E-state index in [1.165, 1.54) is 4.90 Å². The average Bonchev–Trinajstić information content (AvgIpc) is 3.21. The van der Waals surface area contributed by atoms with Gasteiger partial charge in [-0.15, -0.1) is 0 Å². The number of carbonyl (C=O) groups is 2. The summed E-state index contributed by atoms with van der Waals surface area (Å²) in [6.45, 7) is 1.92. The van der Waals surface area contributed by atoms with Gasteiger partial charge in [0, 0.05) is 5.69 Å². The van der Waals surface area contributed by atoms with Crippen molar-refractivity contribution in [1.82, 2.24) is 0 Å². The van der Waals surface area contributed by atoms with Crippen LogP contribution in [0, 0.1) is 5.92 Å². The summed E-state index contributed by atoms with van der Waals surface area (Å²) in [6.07, 6.45) is 2.42. The van der Waals surface area contributed by atoms with Crippen LogP contribution in [0.3, 0.4) is 0 Å². The summed E-state index contributed by atoms with van der Waals surface area (Å²) in [6, 6.07) is 9.08. The van der Waals surface area contributed by atoms with Gasteiger partial charge >= 0.3 is 6.09 Å². The van der Waals surface area contributed by atoms with E-state index in [1.54, 1.807) is 12.1 Å². The molecule has 1 aliphatic rings. The molecule has 1 fully saturated rings. The third kappa shape index (κ3) is 3.09. The molecule has 1 aromatic carbocycles. The van der Waals surface area contributed by atoms with Gasteiger partial charge in [0.15, 0.2) is 0 Å². The van der Waals surface area contributed by atoms with E-state index in [9.17, 15) is 9.59 Å². The molecule has 0 aliphatic heterocycles. The third-order valence-electron chi connectivity index (χ3n) is 3.12. The van der Waals surface area contributed by atoms with Gasteiger partial charge in [-0.3, -0.25) is 4.90 Å². The Morgan fingerprint density at radius 2 is 2.11 bits per heavy atom. The van der Waals surface area contributed by atoms with Gasteiger partial charge in [-0.1, -0.05) is 18.2 Å². The van der Waals surface area contributed by atoms with E-state index in [-0.39, 0.29) is 12.6 Å². The van der Waals surface area contributed by atoms with Crippen LogP contribution in [0.25, 0.3) is 0 Å². The molecule has 4 heteroatoms. The van der Waals surface area contributed by atoms with Crippen LogP contribution in [0.5, 0.6) is 0 Å². The Balaban J connectivity index is 2.04. The van der Waals surface area contributed by atoms with Crippen molar-refractivity contribution in [2.24, 2.45) is 5.92 Å². The third-order valence-corrected chi connectivity index (χ3v) is 3.12. The minimum absolute atomic E-state index is 0.0141. The number of benzene rings is 1. The lowest BCUT2D eigenvalue weighted by atomic mass is 10.3. The fourth-order valence-electron chi connectivity index (χ4n) is 1.85. The highest BCUT2D eigenvalue weighted by atomic mass is 16.6. The summed E-state index contributed by atoms with van der Waals surface area (Å²) >= 11 is 0. The molecule has 0 aromatic heterocycles. The second-order valence-corrected chi connectivity index (χ2v) is 4.54. The maximum Gasteiger partial charge on any atom is 0.414 e. The zero-order valence-electron chi connectivity index (χ0n) is 10.4. The van der Waals surface area contributed by atoms with Crippen LogP contribution in [0.1, 0.15) is 19.8 Å². The lowest BCUT2D eigenvalue weighted by Crippen LogP contribution is -2.35. The van der Waals surface area contributed by atoms with E-state index in [0.717, 1.165) is 12.8 Å². The molecule has 1 saturated carbocycles. The van der Waals surface area contributed by atoms with E-state index in [4.69, 9.17) is 4.74 Å². The normalized spacial score (nSPS) is 15.8. The van der Waals surface area contributed by atoms with Gasteiger partial charge in [-0.05, 0) is 37.8 Å². The molecule has 18 heavy (non-hydrogen) atoms. The number of rotatable bonds is 5. The zero-order valence-corrected chi connectivity index (χ0v) is 10.4. The molecule has 0 heterocycles. The molecule has 0 radical (unpaired) electrons. The van der Waals surface area contributed by atoms with Crippen molar-refractivity contribution in [1.29, 1.82) is 0 Å². The molecular weight excluding hydrogens is 230 g/mol. The number of hydrogen-bond donors (Lipinski definition) is 0. The number of nitrogens with zero attached hydrogens (tertiary/aromatic N) is 1. The van der Waals surface area contributed by atoms with Gasteiger partial charge < -0.3 is 9.53 Å². The molecule has 96 valence electrons. The Kier molecular flexibility index (Phi) is 3.97. The first-order valence-corrected chi connectivity index (χ1v) is 6.19. The first-order valence-electron chi connectivity index (χ1n) is 6.19. The van der Waals surface area contributed by atoms with Crippen molar-refractivity contribution in [2.45, 2.75) is 25.9 Å². The van der Waals surface area contributed by atoms with Crippen molar-refractivity contribution in [3.8, 4) is 0 Å². The monoisotopic (exact) mass is 247 g/mol. The van der Waals surface area contributed by atoms with Gasteiger partial charge in [-0.2, -0.15) is 0 Å². The lowest BCUT2D eigenvalue weighted by molar-refractivity contribution is -0.106.